The van der Waals surface area contributed by atoms with E-state index in [-0.39, 0.29) is 11.4 Å². The number of rotatable bonds is 2. The second kappa shape index (κ2) is 4.99. The third kappa shape index (κ3) is 2.15. The fourth-order valence-electron chi connectivity index (χ4n) is 2.15. The van der Waals surface area contributed by atoms with Gasteiger partial charge in [0.1, 0.15) is 5.82 Å². The molecule has 1 aromatic carbocycles. The number of ether oxygens (including phenoxy) is 2. The molecule has 0 radical (unpaired) electrons. The van der Waals surface area contributed by atoms with Crippen LogP contribution in [0.1, 0.15) is 18.4 Å². The number of hydrogen-bond donors (Lipinski definition) is 2. The number of nitrogens with zero attached hydrogens (tertiary/aromatic N) is 1. The Kier molecular flexibility index (Phi) is 3.17. The summed E-state index contributed by atoms with van der Waals surface area (Å²) in [5.74, 6) is 1.02. The van der Waals surface area contributed by atoms with Crippen molar-refractivity contribution in [3.8, 4) is 22.6 Å². The van der Waals surface area contributed by atoms with Crippen molar-refractivity contribution in [3.05, 3.63) is 23.9 Å². The van der Waals surface area contributed by atoms with E-state index in [0.717, 1.165) is 0 Å². The summed E-state index contributed by atoms with van der Waals surface area (Å²) in [6.07, 6.45) is -0.515. The van der Waals surface area contributed by atoms with Gasteiger partial charge in [-0.05, 0) is 17.7 Å². The predicted molar refractivity (Wildman–Crippen MR) is 69.0 cm³/mol. The molecule has 7 heteroatoms. The van der Waals surface area contributed by atoms with Crippen LogP contribution in [0.15, 0.2) is 18.3 Å². The van der Waals surface area contributed by atoms with Crippen LogP contribution in [0, 0.1) is 0 Å². The van der Waals surface area contributed by atoms with Crippen molar-refractivity contribution in [3.63, 3.8) is 0 Å². The van der Waals surface area contributed by atoms with Crippen LogP contribution in [-0.2, 0) is 0 Å². The van der Waals surface area contributed by atoms with Crippen LogP contribution in [0.5, 0.6) is 11.5 Å². The molecule has 1 aromatic heterocycles. The van der Waals surface area contributed by atoms with Gasteiger partial charge in [0.25, 0.3) is 6.43 Å². The van der Waals surface area contributed by atoms with Crippen LogP contribution >= 0.6 is 0 Å². The van der Waals surface area contributed by atoms with Gasteiger partial charge in [-0.2, -0.15) is 5.10 Å². The number of aromatic amines is 1. The Morgan fingerprint density at radius 3 is 2.45 bits per heavy atom. The Hall–Kier alpha value is -2.31. The standard InChI is InChI=1S/C13H13F2N3O2/c14-12(15)8-5-11-10(19-2-1-3-20-11)4-7(8)9-6-17-18-13(9)16/h4-6,12H,1-3H2,(H3,16,17,18). The van der Waals surface area contributed by atoms with Gasteiger partial charge in [-0.25, -0.2) is 8.78 Å². The zero-order chi connectivity index (χ0) is 14.1. The average Bonchev–Trinajstić information content (AvgIpc) is 2.72. The minimum absolute atomic E-state index is 0.151. The Morgan fingerprint density at radius 1 is 1.15 bits per heavy atom. The molecule has 20 heavy (non-hydrogen) atoms. The topological polar surface area (TPSA) is 73.2 Å². The molecule has 106 valence electrons. The summed E-state index contributed by atoms with van der Waals surface area (Å²) in [6, 6.07) is 2.84. The molecule has 1 aliphatic heterocycles. The van der Waals surface area contributed by atoms with Crippen molar-refractivity contribution in [1.82, 2.24) is 10.2 Å². The first kappa shape index (κ1) is 12.7. The summed E-state index contributed by atoms with van der Waals surface area (Å²) in [6.45, 7) is 0.935. The van der Waals surface area contributed by atoms with Gasteiger partial charge in [-0.15, -0.1) is 0 Å². The van der Waals surface area contributed by atoms with Gasteiger partial charge in [-0.3, -0.25) is 5.10 Å². The van der Waals surface area contributed by atoms with E-state index < -0.39 is 6.43 Å². The number of anilines is 1. The SMILES string of the molecule is Nc1[nH]ncc1-c1cc2c(cc1C(F)F)OCCCO2. The first-order chi connectivity index (χ1) is 9.66. The summed E-state index contributed by atoms with van der Waals surface area (Å²) in [5.41, 5.74) is 6.29. The van der Waals surface area contributed by atoms with E-state index in [1.165, 1.54) is 18.3 Å². The first-order valence-corrected chi connectivity index (χ1v) is 6.17. The molecule has 3 N–H and O–H groups in total. The zero-order valence-corrected chi connectivity index (χ0v) is 10.5. The molecular weight excluding hydrogens is 268 g/mol. The molecule has 0 spiro atoms. The molecule has 0 saturated carbocycles. The van der Waals surface area contributed by atoms with Crippen molar-refractivity contribution in [2.24, 2.45) is 0 Å². The lowest BCUT2D eigenvalue weighted by Gasteiger charge is -2.14. The fraction of sp³-hybridized carbons (Fsp3) is 0.308. The molecule has 0 aliphatic carbocycles. The summed E-state index contributed by atoms with van der Waals surface area (Å²) < 4.78 is 37.5. The third-order valence-corrected chi connectivity index (χ3v) is 3.11. The normalized spacial score (nSPS) is 14.3. The summed E-state index contributed by atoms with van der Waals surface area (Å²) in [5, 5.41) is 6.30. The molecule has 1 aliphatic rings. The Morgan fingerprint density at radius 2 is 1.85 bits per heavy atom. The van der Waals surface area contributed by atoms with E-state index in [1.807, 2.05) is 0 Å². The van der Waals surface area contributed by atoms with Gasteiger partial charge < -0.3 is 15.2 Å². The molecule has 2 aromatic rings. The maximum atomic E-state index is 13.3. The number of nitrogens with two attached hydrogens (primary N) is 1. The molecular formula is C13H13F2N3O2. The van der Waals surface area contributed by atoms with Crippen LogP contribution in [-0.4, -0.2) is 23.4 Å². The number of alkyl halides is 2. The second-order valence-corrected chi connectivity index (χ2v) is 4.43. The number of benzene rings is 1. The van der Waals surface area contributed by atoms with Crippen molar-refractivity contribution < 1.29 is 18.3 Å². The van der Waals surface area contributed by atoms with E-state index in [4.69, 9.17) is 15.2 Å². The lowest BCUT2D eigenvalue weighted by atomic mass is 10.0. The average molecular weight is 281 g/mol. The number of nitrogens with one attached hydrogen (secondary N) is 1. The van der Waals surface area contributed by atoms with E-state index in [1.54, 1.807) is 0 Å². The van der Waals surface area contributed by atoms with E-state index >= 15 is 0 Å². The third-order valence-electron chi connectivity index (χ3n) is 3.11. The highest BCUT2D eigenvalue weighted by atomic mass is 19.3. The van der Waals surface area contributed by atoms with Crippen molar-refractivity contribution in [2.45, 2.75) is 12.8 Å². The molecule has 5 nitrogen and oxygen atoms in total. The Labute approximate surface area is 113 Å². The molecule has 0 unspecified atom stereocenters. The highest BCUT2D eigenvalue weighted by Crippen LogP contribution is 2.41. The van der Waals surface area contributed by atoms with E-state index in [2.05, 4.69) is 10.2 Å². The second-order valence-electron chi connectivity index (χ2n) is 4.43. The number of hydrogen-bond acceptors (Lipinski definition) is 4. The van der Waals surface area contributed by atoms with Crippen molar-refractivity contribution in [2.75, 3.05) is 18.9 Å². The Bertz CT molecular complexity index is 628. The first-order valence-electron chi connectivity index (χ1n) is 6.17. The summed E-state index contributed by atoms with van der Waals surface area (Å²) in [4.78, 5) is 0. The molecule has 3 rings (SSSR count). The van der Waals surface area contributed by atoms with Crippen LogP contribution in [0.4, 0.5) is 14.6 Å². The van der Waals surface area contributed by atoms with Gasteiger partial charge in [-0.1, -0.05) is 0 Å². The Balaban J connectivity index is 2.17. The minimum atomic E-state index is -2.64. The maximum absolute atomic E-state index is 13.3. The lowest BCUT2D eigenvalue weighted by Crippen LogP contribution is -1.98. The quantitative estimate of drug-likeness (QED) is 0.887. The maximum Gasteiger partial charge on any atom is 0.264 e. The van der Waals surface area contributed by atoms with E-state index in [0.29, 0.717) is 42.3 Å². The number of nitrogen functional groups attached to an aromatic ring is 1. The minimum Gasteiger partial charge on any atom is -0.490 e. The van der Waals surface area contributed by atoms with Gasteiger partial charge in [0, 0.05) is 17.5 Å². The largest absolute Gasteiger partial charge is 0.490 e. The summed E-state index contributed by atoms with van der Waals surface area (Å²) >= 11 is 0. The number of fused-ring (bicyclic) bond motifs is 1. The number of aromatic nitrogens is 2. The van der Waals surface area contributed by atoms with Gasteiger partial charge in [0.2, 0.25) is 0 Å². The van der Waals surface area contributed by atoms with Crippen molar-refractivity contribution in [1.29, 1.82) is 0 Å². The van der Waals surface area contributed by atoms with Crippen LogP contribution in [0.25, 0.3) is 11.1 Å². The fourth-order valence-corrected chi connectivity index (χ4v) is 2.15. The number of halogens is 2. The van der Waals surface area contributed by atoms with Crippen molar-refractivity contribution >= 4 is 5.82 Å². The highest BCUT2D eigenvalue weighted by molar-refractivity contribution is 5.78. The monoisotopic (exact) mass is 281 g/mol. The molecule has 0 saturated heterocycles. The molecule has 0 fully saturated rings. The lowest BCUT2D eigenvalue weighted by molar-refractivity contribution is 0.151. The zero-order valence-electron chi connectivity index (χ0n) is 10.5. The van der Waals surface area contributed by atoms with Crippen LogP contribution < -0.4 is 15.2 Å². The predicted octanol–water partition coefficient (Wildman–Crippen LogP) is 2.76. The molecule has 0 bridgehead atoms. The van der Waals surface area contributed by atoms with Gasteiger partial charge in [0.15, 0.2) is 11.5 Å². The van der Waals surface area contributed by atoms with Crippen LogP contribution in [0.3, 0.4) is 0 Å². The van der Waals surface area contributed by atoms with Gasteiger partial charge in [0.05, 0.1) is 19.4 Å². The molecule has 0 atom stereocenters. The van der Waals surface area contributed by atoms with Crippen LogP contribution in [0.2, 0.25) is 0 Å². The van der Waals surface area contributed by atoms with E-state index in [9.17, 15) is 8.78 Å². The smallest absolute Gasteiger partial charge is 0.264 e. The highest BCUT2D eigenvalue weighted by Gasteiger charge is 2.22. The molecule has 0 amide bonds. The molecule has 2 heterocycles. The number of H-pyrrole nitrogens is 1. The van der Waals surface area contributed by atoms with Gasteiger partial charge >= 0.3 is 0 Å². The summed E-state index contributed by atoms with van der Waals surface area (Å²) in [7, 11) is 0.